The quantitative estimate of drug-likeness (QED) is 0.655. The minimum atomic E-state index is -1.24. The highest BCUT2D eigenvalue weighted by molar-refractivity contribution is 6.33. The lowest BCUT2D eigenvalue weighted by atomic mass is 9.96. The molecule has 3 N–H and O–H groups in total. The molecule has 7 nitrogen and oxygen atoms in total. The Kier molecular flexibility index (Phi) is 3.51. The molecule has 2 aromatic rings. The number of hydrogen-bond donors (Lipinski definition) is 2. The van der Waals surface area contributed by atoms with Gasteiger partial charge in [-0.1, -0.05) is 25.1 Å². The summed E-state index contributed by atoms with van der Waals surface area (Å²) in [6, 6.07) is -0.501. The van der Waals surface area contributed by atoms with Gasteiger partial charge in [0.15, 0.2) is 10.8 Å². The molecule has 0 aliphatic heterocycles. The number of nitrogens with two attached hydrogens (primary N) is 1. The fraction of sp³-hybridized carbons (Fsp3) is 0.533. The van der Waals surface area contributed by atoms with E-state index in [1.165, 1.54) is 0 Å². The third-order valence-corrected chi connectivity index (χ3v) is 4.76. The molecule has 3 rings (SSSR count). The molecule has 1 fully saturated rings. The molecular formula is C15H20ClN5O2. The van der Waals surface area contributed by atoms with Gasteiger partial charge in [0, 0.05) is 13.9 Å². The van der Waals surface area contributed by atoms with Gasteiger partial charge in [-0.05, 0) is 19.4 Å². The summed E-state index contributed by atoms with van der Waals surface area (Å²) in [5.41, 5.74) is 6.10. The molecule has 2 aromatic heterocycles. The maximum absolute atomic E-state index is 11.1. The van der Waals surface area contributed by atoms with E-state index in [1.54, 1.807) is 17.8 Å². The number of nitrogens with zero attached hydrogens (tertiary/aromatic N) is 4. The number of fused-ring (bicyclic) bond motifs is 1. The van der Waals surface area contributed by atoms with E-state index in [0.717, 1.165) is 5.57 Å². The molecule has 8 heteroatoms. The van der Waals surface area contributed by atoms with E-state index in [9.17, 15) is 5.11 Å². The predicted molar refractivity (Wildman–Crippen MR) is 88.1 cm³/mol. The van der Waals surface area contributed by atoms with Crippen LogP contribution in [0.1, 0.15) is 28.2 Å². The molecule has 0 bridgehead atoms. The van der Waals surface area contributed by atoms with E-state index in [1.807, 2.05) is 6.92 Å². The summed E-state index contributed by atoms with van der Waals surface area (Å²) in [6.07, 6.45) is 1.07. The summed E-state index contributed by atoms with van der Waals surface area (Å²) in [7, 11) is 0. The molecule has 1 saturated carbocycles. The molecule has 0 saturated heterocycles. The summed E-state index contributed by atoms with van der Waals surface area (Å²) in [4.78, 5) is 12.3. The highest BCUT2D eigenvalue weighted by Crippen LogP contribution is 2.48. The Morgan fingerprint density at radius 2 is 2.35 bits per heavy atom. The number of anilines is 1. The third-order valence-electron chi connectivity index (χ3n) is 4.49. The summed E-state index contributed by atoms with van der Waals surface area (Å²) in [6.45, 7) is 8.15. The van der Waals surface area contributed by atoms with Crippen molar-refractivity contribution in [3.8, 4) is 0 Å². The van der Waals surface area contributed by atoms with Crippen LogP contribution < -0.4 is 5.73 Å². The molecular weight excluding hydrogens is 318 g/mol. The Labute approximate surface area is 140 Å². The van der Waals surface area contributed by atoms with Crippen molar-refractivity contribution in [3.63, 3.8) is 0 Å². The molecule has 0 radical (unpaired) electrons. The second-order valence-corrected chi connectivity index (χ2v) is 6.34. The topological polar surface area (TPSA) is 99.1 Å². The molecule has 0 aromatic carbocycles. The van der Waals surface area contributed by atoms with Crippen LogP contribution in [0.3, 0.4) is 0 Å². The normalized spacial score (nSPS) is 31.7. The van der Waals surface area contributed by atoms with Crippen molar-refractivity contribution in [2.24, 2.45) is 5.92 Å². The van der Waals surface area contributed by atoms with Crippen molar-refractivity contribution < 1.29 is 11.2 Å². The molecule has 4 atom stereocenters. The molecule has 0 spiro atoms. The maximum Gasteiger partial charge on any atom is 0.223 e. The van der Waals surface area contributed by atoms with Crippen molar-refractivity contribution in [3.05, 3.63) is 23.6 Å². The van der Waals surface area contributed by atoms with Gasteiger partial charge in [-0.15, -0.1) is 0 Å². The van der Waals surface area contributed by atoms with Gasteiger partial charge in [-0.3, -0.25) is 0 Å². The molecule has 0 amide bonds. The number of ether oxygens (including phenoxy) is 1. The van der Waals surface area contributed by atoms with Gasteiger partial charge in [-0.25, -0.2) is 4.98 Å². The zero-order valence-corrected chi connectivity index (χ0v) is 13.8. The summed E-state index contributed by atoms with van der Waals surface area (Å²) < 4.78 is 14.7. The lowest BCUT2D eigenvalue weighted by molar-refractivity contribution is -0.103. The Morgan fingerprint density at radius 1 is 1.61 bits per heavy atom. The van der Waals surface area contributed by atoms with Crippen LogP contribution in [0.4, 0.5) is 5.95 Å². The van der Waals surface area contributed by atoms with Crippen molar-refractivity contribution >= 4 is 28.7 Å². The highest BCUT2D eigenvalue weighted by atomic mass is 35.5. The first-order valence-electron chi connectivity index (χ1n) is 7.97. The highest BCUT2D eigenvalue weighted by Gasteiger charge is 2.54. The van der Waals surface area contributed by atoms with Gasteiger partial charge < -0.3 is 20.1 Å². The number of aromatic nitrogens is 4. The van der Waals surface area contributed by atoms with Crippen LogP contribution in [0, 0.1) is 5.92 Å². The van der Waals surface area contributed by atoms with Crippen LogP contribution in [-0.4, -0.2) is 42.9 Å². The van der Waals surface area contributed by atoms with Crippen molar-refractivity contribution in [2.45, 2.75) is 38.5 Å². The minimum absolute atomic E-state index is 0.0348. The molecule has 0 unspecified atom stereocenters. The van der Waals surface area contributed by atoms with E-state index in [4.69, 9.17) is 23.4 Å². The van der Waals surface area contributed by atoms with E-state index in [0.29, 0.717) is 11.2 Å². The standard InChI is InChI=1S/C15H20ClN5O2/c1-5-23-11-8(3)7(2)10(15(11,4)22)21-6-18-9-12(16)19-14(17)20-13(9)21/h6,8,10-11,22H,2,5H2,1,3-4H3,(H2,17,19,20)/t8-,10+,11+,15-/m0/s1/i1T. The van der Waals surface area contributed by atoms with Crippen LogP contribution in [0.15, 0.2) is 18.5 Å². The molecule has 1 aliphatic carbocycles. The Hall–Kier alpha value is -1.70. The number of hydrogen-bond acceptors (Lipinski definition) is 6. The molecule has 124 valence electrons. The fourth-order valence-electron chi connectivity index (χ4n) is 3.47. The summed E-state index contributed by atoms with van der Waals surface area (Å²) in [5.74, 6) is -0.0591. The number of rotatable bonds is 3. The third kappa shape index (κ3) is 2.31. The number of aliphatic hydroxyl groups is 1. The first-order valence-corrected chi connectivity index (χ1v) is 7.64. The second kappa shape index (κ2) is 5.43. The van der Waals surface area contributed by atoms with Crippen LogP contribution in [0.25, 0.3) is 11.2 Å². The average Bonchev–Trinajstić information content (AvgIpc) is 2.96. The van der Waals surface area contributed by atoms with E-state index in [-0.39, 0.29) is 30.5 Å². The summed E-state index contributed by atoms with van der Waals surface area (Å²) in [5, 5.41) is 11.3. The zero-order valence-electron chi connectivity index (χ0n) is 14.0. The predicted octanol–water partition coefficient (Wildman–Crippen LogP) is 1.97. The second-order valence-electron chi connectivity index (χ2n) is 5.98. The van der Waals surface area contributed by atoms with E-state index >= 15 is 0 Å². The van der Waals surface area contributed by atoms with Gasteiger partial charge in [-0.2, -0.15) is 9.97 Å². The number of imidazole rings is 1. The zero-order chi connectivity index (χ0) is 17.6. The Morgan fingerprint density at radius 3 is 3.04 bits per heavy atom. The SMILES string of the molecule is [3H]CCO[C@@H]1[C@@H](C)C(=C)[C@@H](n2cnc3c(Cl)nc(N)nc32)[C@]1(C)O. The fourth-order valence-corrected chi connectivity index (χ4v) is 3.69. The summed E-state index contributed by atoms with van der Waals surface area (Å²) >= 11 is 6.08. The number of nitrogen functional groups attached to an aromatic ring is 1. The maximum atomic E-state index is 11.1. The first-order chi connectivity index (χ1) is 11.3. The van der Waals surface area contributed by atoms with Gasteiger partial charge in [0.25, 0.3) is 0 Å². The van der Waals surface area contributed by atoms with Crippen LogP contribution in [0.2, 0.25) is 5.15 Å². The van der Waals surface area contributed by atoms with Crippen molar-refractivity contribution in [2.75, 3.05) is 12.3 Å². The van der Waals surface area contributed by atoms with Gasteiger partial charge in [0.05, 0.1) is 18.5 Å². The first kappa shape index (κ1) is 14.9. The van der Waals surface area contributed by atoms with E-state index < -0.39 is 17.7 Å². The van der Waals surface area contributed by atoms with Crippen molar-refractivity contribution in [1.82, 2.24) is 19.5 Å². The molecule has 2 heterocycles. The van der Waals surface area contributed by atoms with Crippen LogP contribution in [0.5, 0.6) is 0 Å². The minimum Gasteiger partial charge on any atom is -0.385 e. The molecule has 1 aliphatic rings. The lowest BCUT2D eigenvalue weighted by Crippen LogP contribution is -2.43. The average molecular weight is 340 g/mol. The van der Waals surface area contributed by atoms with Gasteiger partial charge in [0.2, 0.25) is 5.95 Å². The van der Waals surface area contributed by atoms with Crippen LogP contribution >= 0.6 is 11.6 Å². The lowest BCUT2D eigenvalue weighted by Gasteiger charge is -2.32. The van der Waals surface area contributed by atoms with E-state index in [2.05, 4.69) is 21.5 Å². The van der Waals surface area contributed by atoms with Crippen LogP contribution in [-0.2, 0) is 4.74 Å². The Balaban J connectivity index is 2.10. The Bertz CT molecular complexity index is 794. The van der Waals surface area contributed by atoms with Gasteiger partial charge in [0.1, 0.15) is 11.1 Å². The number of halogens is 1. The van der Waals surface area contributed by atoms with Crippen molar-refractivity contribution in [1.29, 1.82) is 0 Å². The monoisotopic (exact) mass is 339 g/mol. The van der Waals surface area contributed by atoms with Gasteiger partial charge >= 0.3 is 0 Å². The smallest absolute Gasteiger partial charge is 0.223 e. The molecule has 23 heavy (non-hydrogen) atoms. The largest absolute Gasteiger partial charge is 0.385 e.